The Balaban J connectivity index is 0.000000324. The lowest BCUT2D eigenvalue weighted by Gasteiger charge is -2.21. The summed E-state index contributed by atoms with van der Waals surface area (Å²) < 4.78 is 5.19. The summed E-state index contributed by atoms with van der Waals surface area (Å²) in [6.45, 7) is 9.67. The number of nitrogens with one attached hydrogen (secondary N) is 2. The molecule has 0 atom stereocenters. The lowest BCUT2D eigenvalue weighted by atomic mass is 9.93. The Morgan fingerprint density at radius 1 is 1.16 bits per heavy atom. The van der Waals surface area contributed by atoms with Gasteiger partial charge in [-0.05, 0) is 45.2 Å². The zero-order valence-corrected chi connectivity index (χ0v) is 17.1. The molecule has 0 bridgehead atoms. The molecule has 1 heterocycles. The Kier molecular flexibility index (Phi) is 7.53. The molecule has 0 unspecified atom stereocenters. The fourth-order valence-electron chi connectivity index (χ4n) is 1.51. The molecule has 138 valence electrons. The lowest BCUT2D eigenvalue weighted by Crippen LogP contribution is -2.47. The Morgan fingerprint density at radius 2 is 1.72 bits per heavy atom. The maximum atomic E-state index is 11.9. The number of carbonyl (C=O) groups excluding carboxylic acids is 1. The van der Waals surface area contributed by atoms with Crippen LogP contribution in [0.1, 0.15) is 40.4 Å². The van der Waals surface area contributed by atoms with Crippen LogP contribution in [0.5, 0.6) is 0 Å². The van der Waals surface area contributed by atoms with Gasteiger partial charge in [-0.3, -0.25) is 4.79 Å². The van der Waals surface area contributed by atoms with Crippen LogP contribution in [0.3, 0.4) is 0 Å². The van der Waals surface area contributed by atoms with Gasteiger partial charge in [-0.25, -0.2) is 0 Å². The normalized spacial score (nSPS) is 11.5. The molecular formula is C18H26ClN3O2S. The van der Waals surface area contributed by atoms with E-state index >= 15 is 0 Å². The SMILES string of the molecule is CNC(C)(C)C(=O)Nc1cc(C(C)(C)C)on1.Sc1ccc(Cl)cc1. The van der Waals surface area contributed by atoms with E-state index in [4.69, 9.17) is 16.1 Å². The van der Waals surface area contributed by atoms with Gasteiger partial charge < -0.3 is 15.2 Å². The number of halogens is 1. The summed E-state index contributed by atoms with van der Waals surface area (Å²) in [4.78, 5) is 12.8. The van der Waals surface area contributed by atoms with Gasteiger partial charge in [0, 0.05) is 21.4 Å². The number of nitrogens with zero attached hydrogens (tertiary/aromatic N) is 1. The molecule has 2 aromatic rings. The van der Waals surface area contributed by atoms with Crippen molar-refractivity contribution in [2.24, 2.45) is 0 Å². The molecule has 0 aliphatic heterocycles. The predicted molar refractivity (Wildman–Crippen MR) is 106 cm³/mol. The van der Waals surface area contributed by atoms with Crippen molar-refractivity contribution >= 4 is 36.0 Å². The second-order valence-corrected chi connectivity index (χ2v) is 8.08. The average molecular weight is 384 g/mol. The Hall–Kier alpha value is -1.50. The summed E-state index contributed by atoms with van der Waals surface area (Å²) >= 11 is 9.65. The molecule has 7 heteroatoms. The molecule has 1 aromatic carbocycles. The van der Waals surface area contributed by atoms with E-state index in [1.165, 1.54) is 0 Å². The average Bonchev–Trinajstić information content (AvgIpc) is 2.99. The zero-order chi connectivity index (χ0) is 19.3. The van der Waals surface area contributed by atoms with Crippen LogP contribution < -0.4 is 10.6 Å². The number of amides is 1. The van der Waals surface area contributed by atoms with Crippen molar-refractivity contribution in [1.82, 2.24) is 10.5 Å². The first kappa shape index (κ1) is 21.5. The quantitative estimate of drug-likeness (QED) is 0.681. The van der Waals surface area contributed by atoms with E-state index in [0.29, 0.717) is 5.82 Å². The zero-order valence-electron chi connectivity index (χ0n) is 15.5. The van der Waals surface area contributed by atoms with E-state index < -0.39 is 5.54 Å². The standard InChI is InChI=1S/C12H21N3O2.C6H5ClS/c1-11(2,3)8-7-9(15-17-8)14-10(16)12(4,5)13-6;7-5-1-3-6(8)4-2-5/h7,13H,1-6H3,(H,14,15,16);1-4,8H. The molecule has 2 rings (SSSR count). The number of likely N-dealkylation sites (N-methyl/N-ethyl adjacent to an activating group) is 1. The first-order valence-corrected chi connectivity index (χ1v) is 8.70. The molecular weight excluding hydrogens is 358 g/mol. The highest BCUT2D eigenvalue weighted by Gasteiger charge is 2.27. The predicted octanol–water partition coefficient (Wildman–Crippen LogP) is 4.54. The molecule has 0 saturated heterocycles. The van der Waals surface area contributed by atoms with Crippen molar-refractivity contribution in [1.29, 1.82) is 0 Å². The van der Waals surface area contributed by atoms with E-state index in [2.05, 4.69) is 28.4 Å². The minimum atomic E-state index is -0.638. The third kappa shape index (κ3) is 7.10. The number of rotatable bonds is 3. The minimum Gasteiger partial charge on any atom is -0.359 e. The van der Waals surface area contributed by atoms with Gasteiger partial charge in [-0.15, -0.1) is 12.6 Å². The van der Waals surface area contributed by atoms with Crippen LogP contribution in [0.4, 0.5) is 5.82 Å². The van der Waals surface area contributed by atoms with E-state index in [-0.39, 0.29) is 11.3 Å². The second kappa shape index (κ2) is 8.74. The van der Waals surface area contributed by atoms with Crippen LogP contribution in [0.2, 0.25) is 5.02 Å². The lowest BCUT2D eigenvalue weighted by molar-refractivity contribution is -0.121. The molecule has 0 fully saturated rings. The summed E-state index contributed by atoms with van der Waals surface area (Å²) in [6, 6.07) is 9.08. The van der Waals surface area contributed by atoms with Gasteiger partial charge in [-0.2, -0.15) is 0 Å². The summed E-state index contributed by atoms with van der Waals surface area (Å²) in [5, 5.41) is 10.2. The maximum absolute atomic E-state index is 11.9. The fourth-order valence-corrected chi connectivity index (χ4v) is 1.79. The highest BCUT2D eigenvalue weighted by molar-refractivity contribution is 7.80. The Labute approximate surface area is 159 Å². The minimum absolute atomic E-state index is 0.117. The van der Waals surface area contributed by atoms with Gasteiger partial charge in [0.05, 0.1) is 5.54 Å². The number of anilines is 1. The van der Waals surface area contributed by atoms with Crippen LogP contribution in [0.25, 0.3) is 0 Å². The second-order valence-electron chi connectivity index (χ2n) is 7.13. The molecule has 25 heavy (non-hydrogen) atoms. The van der Waals surface area contributed by atoms with Crippen LogP contribution in [0, 0.1) is 0 Å². The number of hydrogen-bond acceptors (Lipinski definition) is 5. The van der Waals surface area contributed by atoms with E-state index in [9.17, 15) is 4.79 Å². The Bertz CT molecular complexity index is 670. The molecule has 5 nitrogen and oxygen atoms in total. The highest BCUT2D eigenvalue weighted by atomic mass is 35.5. The first-order valence-electron chi connectivity index (χ1n) is 7.88. The smallest absolute Gasteiger partial charge is 0.245 e. The van der Waals surface area contributed by atoms with Crippen molar-refractivity contribution in [2.45, 2.75) is 50.5 Å². The monoisotopic (exact) mass is 383 g/mol. The van der Waals surface area contributed by atoms with Crippen molar-refractivity contribution in [3.05, 3.63) is 41.1 Å². The third-order valence-corrected chi connectivity index (χ3v) is 4.06. The van der Waals surface area contributed by atoms with Crippen LogP contribution in [0.15, 0.2) is 39.8 Å². The van der Waals surface area contributed by atoms with Gasteiger partial charge in [0.1, 0.15) is 5.76 Å². The summed E-state index contributed by atoms with van der Waals surface area (Å²) in [5.74, 6) is 1.05. The fraction of sp³-hybridized carbons (Fsp3) is 0.444. The van der Waals surface area contributed by atoms with E-state index in [1.54, 1.807) is 27.0 Å². The van der Waals surface area contributed by atoms with Crippen molar-refractivity contribution < 1.29 is 9.32 Å². The molecule has 0 spiro atoms. The molecule has 1 amide bonds. The van der Waals surface area contributed by atoms with E-state index in [1.807, 2.05) is 45.0 Å². The molecule has 2 N–H and O–H groups in total. The largest absolute Gasteiger partial charge is 0.359 e. The highest BCUT2D eigenvalue weighted by Crippen LogP contribution is 2.24. The molecule has 1 aromatic heterocycles. The molecule has 0 aliphatic rings. The number of hydrogen-bond donors (Lipinski definition) is 3. The van der Waals surface area contributed by atoms with Crippen molar-refractivity contribution in [3.63, 3.8) is 0 Å². The molecule has 0 radical (unpaired) electrons. The van der Waals surface area contributed by atoms with Crippen molar-refractivity contribution in [2.75, 3.05) is 12.4 Å². The Morgan fingerprint density at radius 3 is 2.12 bits per heavy atom. The first-order chi connectivity index (χ1) is 11.5. The van der Waals surface area contributed by atoms with Gasteiger partial charge >= 0.3 is 0 Å². The number of thiol groups is 1. The van der Waals surface area contributed by atoms with Crippen LogP contribution in [-0.2, 0) is 10.2 Å². The summed E-state index contributed by atoms with van der Waals surface area (Å²) in [7, 11) is 1.74. The van der Waals surface area contributed by atoms with Crippen molar-refractivity contribution in [3.8, 4) is 0 Å². The summed E-state index contributed by atoms with van der Waals surface area (Å²) in [5.41, 5.74) is -0.755. The van der Waals surface area contributed by atoms with E-state index in [0.717, 1.165) is 15.7 Å². The van der Waals surface area contributed by atoms with Gasteiger partial charge in [0.2, 0.25) is 5.91 Å². The maximum Gasteiger partial charge on any atom is 0.245 e. The molecule has 0 saturated carbocycles. The topological polar surface area (TPSA) is 67.2 Å². The number of aromatic nitrogens is 1. The summed E-state index contributed by atoms with van der Waals surface area (Å²) in [6.07, 6.45) is 0. The number of carbonyl (C=O) groups is 1. The van der Waals surface area contributed by atoms with Crippen LogP contribution >= 0.6 is 24.2 Å². The third-order valence-electron chi connectivity index (χ3n) is 3.51. The van der Waals surface area contributed by atoms with Crippen LogP contribution in [-0.4, -0.2) is 23.7 Å². The van der Waals surface area contributed by atoms with Gasteiger partial charge in [0.15, 0.2) is 5.82 Å². The molecule has 0 aliphatic carbocycles. The van der Waals surface area contributed by atoms with Gasteiger partial charge in [0.25, 0.3) is 0 Å². The number of benzene rings is 1. The van der Waals surface area contributed by atoms with Gasteiger partial charge in [-0.1, -0.05) is 37.5 Å².